The summed E-state index contributed by atoms with van der Waals surface area (Å²) in [7, 11) is 3.28. The van der Waals surface area contributed by atoms with Crippen molar-refractivity contribution in [3.63, 3.8) is 0 Å². The zero-order valence-electron chi connectivity index (χ0n) is 21.9. The normalized spacial score (nSPS) is 14.7. The Labute approximate surface area is 223 Å². The van der Waals surface area contributed by atoms with Gasteiger partial charge >= 0.3 is 5.97 Å². The Balaban J connectivity index is 1.48. The molecule has 194 valence electrons. The van der Waals surface area contributed by atoms with E-state index in [2.05, 4.69) is 40.0 Å². The second kappa shape index (κ2) is 10.9. The Morgan fingerprint density at radius 2 is 1.68 bits per heavy atom. The van der Waals surface area contributed by atoms with Crippen molar-refractivity contribution >= 4 is 17.6 Å². The summed E-state index contributed by atoms with van der Waals surface area (Å²) in [5.74, 6) is -1.11. The van der Waals surface area contributed by atoms with E-state index in [0.717, 1.165) is 39.3 Å². The second-order valence-corrected chi connectivity index (χ2v) is 9.63. The Hall–Kier alpha value is -4.39. The number of hydrogen-bond donors (Lipinski definition) is 1. The van der Waals surface area contributed by atoms with Gasteiger partial charge in [-0.15, -0.1) is 0 Å². The largest absolute Gasteiger partial charge is 0.467 e. The molecule has 7 heteroatoms. The SMILES string of the molecule is CNc1ccc(Cn2cnc3c2C[C@@H](C(=O)OC)N(C(=O)C(c2ccccc2)c2ccccc2)C3)cc1C. The number of aromatic nitrogens is 2. The van der Waals surface area contributed by atoms with Crippen LogP contribution < -0.4 is 5.32 Å². The lowest BCUT2D eigenvalue weighted by Crippen LogP contribution is -2.51. The number of benzene rings is 3. The number of imidazole rings is 1. The van der Waals surface area contributed by atoms with Gasteiger partial charge in [0.1, 0.15) is 6.04 Å². The van der Waals surface area contributed by atoms with Crippen molar-refractivity contribution in [3.8, 4) is 0 Å². The number of ether oxygens (including phenoxy) is 1. The minimum absolute atomic E-state index is 0.142. The quantitative estimate of drug-likeness (QED) is 0.371. The van der Waals surface area contributed by atoms with Crippen molar-refractivity contribution in [3.05, 3.63) is 119 Å². The topological polar surface area (TPSA) is 76.5 Å². The fourth-order valence-corrected chi connectivity index (χ4v) is 5.33. The van der Waals surface area contributed by atoms with Crippen molar-refractivity contribution in [1.29, 1.82) is 0 Å². The van der Waals surface area contributed by atoms with Crippen molar-refractivity contribution in [2.75, 3.05) is 19.5 Å². The van der Waals surface area contributed by atoms with E-state index in [1.54, 1.807) is 11.2 Å². The maximum Gasteiger partial charge on any atom is 0.328 e. The number of nitrogens with one attached hydrogen (secondary N) is 1. The van der Waals surface area contributed by atoms with Crippen LogP contribution in [0.25, 0.3) is 0 Å². The fourth-order valence-electron chi connectivity index (χ4n) is 5.33. The van der Waals surface area contributed by atoms with E-state index in [1.165, 1.54) is 7.11 Å². The number of rotatable bonds is 7. The second-order valence-electron chi connectivity index (χ2n) is 9.63. The van der Waals surface area contributed by atoms with Gasteiger partial charge in [0.15, 0.2) is 0 Å². The summed E-state index contributed by atoms with van der Waals surface area (Å²) in [4.78, 5) is 33.6. The Morgan fingerprint density at radius 3 is 2.26 bits per heavy atom. The van der Waals surface area contributed by atoms with Crippen LogP contribution in [0.4, 0.5) is 5.69 Å². The molecule has 0 saturated heterocycles. The van der Waals surface area contributed by atoms with Gasteiger partial charge in [0.05, 0.1) is 31.6 Å². The van der Waals surface area contributed by atoms with Crippen molar-refractivity contribution in [1.82, 2.24) is 14.5 Å². The molecular weight excluding hydrogens is 476 g/mol. The van der Waals surface area contributed by atoms with Gasteiger partial charge in [-0.2, -0.15) is 0 Å². The highest BCUT2D eigenvalue weighted by atomic mass is 16.5. The maximum absolute atomic E-state index is 14.2. The number of hydrogen-bond acceptors (Lipinski definition) is 5. The number of amides is 1. The molecule has 4 aromatic rings. The average Bonchev–Trinajstić information content (AvgIpc) is 3.34. The highest BCUT2D eigenvalue weighted by molar-refractivity contribution is 5.91. The first-order valence-electron chi connectivity index (χ1n) is 12.8. The molecule has 0 radical (unpaired) electrons. The zero-order chi connectivity index (χ0) is 26.6. The van der Waals surface area contributed by atoms with Gasteiger partial charge in [-0.25, -0.2) is 9.78 Å². The van der Waals surface area contributed by atoms with Crippen LogP contribution in [0, 0.1) is 6.92 Å². The molecule has 1 amide bonds. The minimum atomic E-state index is -0.737. The first-order valence-corrected chi connectivity index (χ1v) is 12.8. The summed E-state index contributed by atoms with van der Waals surface area (Å²) in [5, 5.41) is 3.20. The van der Waals surface area contributed by atoms with E-state index >= 15 is 0 Å². The summed E-state index contributed by atoms with van der Waals surface area (Å²) in [6.45, 7) is 2.95. The molecule has 0 bridgehead atoms. The number of methoxy groups -OCH3 is 1. The summed E-state index contributed by atoms with van der Waals surface area (Å²) in [5.41, 5.74) is 6.91. The lowest BCUT2D eigenvalue weighted by molar-refractivity contribution is -0.154. The molecule has 38 heavy (non-hydrogen) atoms. The van der Waals surface area contributed by atoms with Crippen molar-refractivity contribution < 1.29 is 14.3 Å². The fraction of sp³-hybridized carbons (Fsp3) is 0.258. The average molecular weight is 509 g/mol. The number of anilines is 1. The van der Waals surface area contributed by atoms with E-state index in [4.69, 9.17) is 4.74 Å². The molecule has 3 aromatic carbocycles. The third-order valence-corrected chi connectivity index (χ3v) is 7.30. The van der Waals surface area contributed by atoms with Gasteiger partial charge in [-0.05, 0) is 35.2 Å². The standard InChI is InChI=1S/C31H32N4O3/c1-21-16-22(14-15-25(21)32-2)18-34-20-33-26-19-35(28(17-27(26)34)31(37)38-3)30(36)29(23-10-6-4-7-11-23)24-12-8-5-9-13-24/h4-16,20,28-29,32H,17-19H2,1-3H3/t28-/m0/s1. The number of aryl methyl sites for hydroxylation is 1. The molecule has 1 N–H and O–H groups in total. The number of esters is 1. The van der Waals surface area contributed by atoms with Crippen molar-refractivity contribution in [2.24, 2.45) is 0 Å². The van der Waals surface area contributed by atoms with E-state index in [1.807, 2.05) is 67.7 Å². The van der Waals surface area contributed by atoms with E-state index in [-0.39, 0.29) is 12.5 Å². The Bertz CT molecular complexity index is 1390. The van der Waals surface area contributed by atoms with Crippen LogP contribution in [-0.2, 0) is 33.8 Å². The van der Waals surface area contributed by atoms with Gasteiger partial charge in [0.2, 0.25) is 5.91 Å². The summed E-state index contributed by atoms with van der Waals surface area (Å²) >= 11 is 0. The monoisotopic (exact) mass is 508 g/mol. The first kappa shape index (κ1) is 25.3. The number of nitrogens with zero attached hydrogens (tertiary/aromatic N) is 3. The minimum Gasteiger partial charge on any atom is -0.467 e. The number of carbonyl (C=O) groups is 2. The summed E-state index contributed by atoms with van der Waals surface area (Å²) in [6, 6.07) is 25.0. The first-order chi connectivity index (χ1) is 18.5. The van der Waals surface area contributed by atoms with Crippen LogP contribution in [0.15, 0.2) is 85.2 Å². The third-order valence-electron chi connectivity index (χ3n) is 7.30. The molecule has 0 aliphatic carbocycles. The molecule has 0 unspecified atom stereocenters. The lowest BCUT2D eigenvalue weighted by atomic mass is 9.88. The molecule has 0 saturated carbocycles. The van der Waals surface area contributed by atoms with Gasteiger partial charge in [0.25, 0.3) is 0 Å². The number of carbonyl (C=O) groups excluding carboxylic acids is 2. The van der Waals surface area contributed by atoms with Gasteiger partial charge in [-0.3, -0.25) is 4.79 Å². The molecular formula is C31H32N4O3. The van der Waals surface area contributed by atoms with E-state index < -0.39 is 17.9 Å². The van der Waals surface area contributed by atoms with Gasteiger partial charge in [0, 0.05) is 31.4 Å². The molecule has 7 nitrogen and oxygen atoms in total. The molecule has 1 atom stereocenters. The predicted molar refractivity (Wildman–Crippen MR) is 147 cm³/mol. The summed E-state index contributed by atoms with van der Waals surface area (Å²) in [6.07, 6.45) is 2.15. The van der Waals surface area contributed by atoms with Gasteiger partial charge < -0.3 is 19.5 Å². The molecule has 1 aromatic heterocycles. The van der Waals surface area contributed by atoms with Gasteiger partial charge in [-0.1, -0.05) is 72.8 Å². The Kier molecular flexibility index (Phi) is 7.26. The number of fused-ring (bicyclic) bond motifs is 1. The predicted octanol–water partition coefficient (Wildman–Crippen LogP) is 4.54. The molecule has 5 rings (SSSR count). The Morgan fingerprint density at radius 1 is 1.03 bits per heavy atom. The maximum atomic E-state index is 14.2. The van der Waals surface area contributed by atoms with Crippen LogP contribution in [0.5, 0.6) is 0 Å². The molecule has 0 spiro atoms. The van der Waals surface area contributed by atoms with Crippen LogP contribution in [0.1, 0.15) is 39.6 Å². The van der Waals surface area contributed by atoms with Crippen LogP contribution in [0.3, 0.4) is 0 Å². The van der Waals surface area contributed by atoms with E-state index in [9.17, 15) is 9.59 Å². The third kappa shape index (κ3) is 4.92. The zero-order valence-corrected chi connectivity index (χ0v) is 21.9. The molecule has 2 heterocycles. The highest BCUT2D eigenvalue weighted by Gasteiger charge is 2.40. The highest BCUT2D eigenvalue weighted by Crippen LogP contribution is 2.32. The van der Waals surface area contributed by atoms with Crippen LogP contribution >= 0.6 is 0 Å². The summed E-state index contributed by atoms with van der Waals surface area (Å²) < 4.78 is 7.26. The van der Waals surface area contributed by atoms with Crippen LogP contribution in [0.2, 0.25) is 0 Å². The van der Waals surface area contributed by atoms with E-state index in [0.29, 0.717) is 13.0 Å². The molecule has 1 aliphatic heterocycles. The van der Waals surface area contributed by atoms with Crippen LogP contribution in [-0.4, -0.2) is 46.5 Å². The van der Waals surface area contributed by atoms with Crippen molar-refractivity contribution in [2.45, 2.75) is 38.4 Å². The molecule has 1 aliphatic rings. The lowest BCUT2D eigenvalue weighted by Gasteiger charge is -2.36. The molecule has 0 fully saturated rings. The smallest absolute Gasteiger partial charge is 0.328 e.